The van der Waals surface area contributed by atoms with Gasteiger partial charge < -0.3 is 9.26 Å². The van der Waals surface area contributed by atoms with Crippen molar-refractivity contribution in [2.45, 2.75) is 5.09 Å². The smallest absolute Gasteiger partial charge is 0.262 e. The summed E-state index contributed by atoms with van der Waals surface area (Å²) in [6.07, 6.45) is 0. The van der Waals surface area contributed by atoms with E-state index in [0.29, 0.717) is 24.3 Å². The second-order valence-electron chi connectivity index (χ2n) is 6.14. The number of hydrogen-bond acceptors (Lipinski definition) is 7. The summed E-state index contributed by atoms with van der Waals surface area (Å²) < 4.78 is 36.3. The molecule has 0 radical (unpaired) electrons. The number of carbonyl (C=O) groups is 1. The number of ether oxygens (including phenoxy) is 1. The highest BCUT2D eigenvalue weighted by molar-refractivity contribution is 7.92. The summed E-state index contributed by atoms with van der Waals surface area (Å²) in [7, 11) is -4.02. The van der Waals surface area contributed by atoms with Crippen molar-refractivity contribution in [3.63, 3.8) is 0 Å². The third-order valence-corrected chi connectivity index (χ3v) is 5.69. The maximum atomic E-state index is 13.2. The molecular formula is C20H16N2O5S. The third kappa shape index (κ3) is 3.46. The Kier molecular flexibility index (Phi) is 4.79. The molecule has 7 nitrogen and oxygen atoms in total. The number of rotatable bonds is 6. The van der Waals surface area contributed by atoms with Crippen molar-refractivity contribution in [1.29, 1.82) is 0 Å². The molecule has 1 aliphatic rings. The van der Waals surface area contributed by atoms with Crippen LogP contribution in [0.15, 0.2) is 75.3 Å². The summed E-state index contributed by atoms with van der Waals surface area (Å²) in [6.45, 7) is 0.749. The molecule has 1 aromatic heterocycles. The van der Waals surface area contributed by atoms with Crippen LogP contribution in [-0.2, 0) is 14.6 Å². The Morgan fingerprint density at radius 2 is 1.68 bits per heavy atom. The first kappa shape index (κ1) is 18.1. The summed E-state index contributed by atoms with van der Waals surface area (Å²) in [5.74, 6) is -0.852. The second kappa shape index (κ2) is 7.40. The van der Waals surface area contributed by atoms with E-state index >= 15 is 0 Å². The lowest BCUT2D eigenvalue weighted by molar-refractivity contribution is 0.103. The molecule has 0 saturated heterocycles. The van der Waals surface area contributed by atoms with Gasteiger partial charge in [-0.1, -0.05) is 65.8 Å². The van der Waals surface area contributed by atoms with Crippen molar-refractivity contribution in [3.8, 4) is 11.3 Å². The quantitative estimate of drug-likeness (QED) is 0.594. The Balaban J connectivity index is 1.85. The van der Waals surface area contributed by atoms with Crippen molar-refractivity contribution < 1.29 is 22.5 Å². The number of nitrogens with zero attached hydrogens (tertiary/aromatic N) is 2. The molecule has 8 heteroatoms. The predicted octanol–water partition coefficient (Wildman–Crippen LogP) is 2.78. The first-order valence-electron chi connectivity index (χ1n) is 8.60. The SMILES string of the molecule is O=C(c1ccccc1)c1c(-c2ccccc2)noc1S(=O)(=O)CC1=NCCO1. The average molecular weight is 396 g/mol. The van der Waals surface area contributed by atoms with E-state index in [-0.39, 0.29) is 17.2 Å². The highest BCUT2D eigenvalue weighted by Gasteiger charge is 2.34. The fraction of sp³-hybridized carbons (Fsp3) is 0.150. The summed E-state index contributed by atoms with van der Waals surface area (Å²) in [5, 5.41) is 3.44. The maximum Gasteiger partial charge on any atom is 0.262 e. The summed E-state index contributed by atoms with van der Waals surface area (Å²) in [6, 6.07) is 17.3. The van der Waals surface area contributed by atoms with Crippen molar-refractivity contribution in [1.82, 2.24) is 5.16 Å². The van der Waals surface area contributed by atoms with Crippen LogP contribution in [0, 0.1) is 0 Å². The number of aliphatic imine (C=N–C) groups is 1. The van der Waals surface area contributed by atoms with Gasteiger partial charge in [-0.15, -0.1) is 0 Å². The number of hydrogen-bond donors (Lipinski definition) is 0. The van der Waals surface area contributed by atoms with Crippen LogP contribution in [0.25, 0.3) is 11.3 Å². The van der Waals surface area contributed by atoms with Gasteiger partial charge in [-0.2, -0.15) is 0 Å². The fourth-order valence-corrected chi connectivity index (χ4v) is 4.19. The Morgan fingerprint density at radius 1 is 1.00 bits per heavy atom. The van der Waals surface area contributed by atoms with Gasteiger partial charge in [0.15, 0.2) is 11.7 Å². The Hall–Kier alpha value is -3.26. The van der Waals surface area contributed by atoms with Gasteiger partial charge in [-0.25, -0.2) is 8.42 Å². The number of carbonyl (C=O) groups excluding carboxylic acids is 1. The molecule has 2 heterocycles. The maximum absolute atomic E-state index is 13.2. The molecule has 0 spiro atoms. The number of aromatic nitrogens is 1. The lowest BCUT2D eigenvalue weighted by Crippen LogP contribution is -2.18. The lowest BCUT2D eigenvalue weighted by Gasteiger charge is -2.06. The van der Waals surface area contributed by atoms with Gasteiger partial charge in [0.1, 0.15) is 23.6 Å². The van der Waals surface area contributed by atoms with Gasteiger partial charge in [0.25, 0.3) is 5.09 Å². The standard InChI is InChI=1S/C20H16N2O5S/c23-19(15-9-5-2-6-10-15)17-18(14-7-3-1-4-8-14)22-27-20(17)28(24,25)13-16-21-11-12-26-16/h1-10H,11-13H2. The molecule has 1 aliphatic heterocycles. The highest BCUT2D eigenvalue weighted by Crippen LogP contribution is 2.31. The van der Waals surface area contributed by atoms with Crippen LogP contribution in [0.2, 0.25) is 0 Å². The van der Waals surface area contributed by atoms with E-state index in [4.69, 9.17) is 9.26 Å². The topological polar surface area (TPSA) is 98.8 Å². The normalized spacial score (nSPS) is 13.8. The molecule has 0 N–H and O–H groups in total. The van der Waals surface area contributed by atoms with Crippen LogP contribution in [0.1, 0.15) is 15.9 Å². The van der Waals surface area contributed by atoms with Crippen LogP contribution >= 0.6 is 0 Å². The molecule has 0 saturated carbocycles. The largest absolute Gasteiger partial charge is 0.478 e. The molecule has 0 aliphatic carbocycles. The zero-order valence-corrected chi connectivity index (χ0v) is 15.6. The molecule has 0 bridgehead atoms. The molecule has 0 fully saturated rings. The zero-order chi connectivity index (χ0) is 19.6. The van der Waals surface area contributed by atoms with E-state index in [1.54, 1.807) is 54.6 Å². The lowest BCUT2D eigenvalue weighted by atomic mass is 10.0. The number of benzene rings is 2. The van der Waals surface area contributed by atoms with Gasteiger partial charge in [0, 0.05) is 11.1 Å². The fourth-order valence-electron chi connectivity index (χ4n) is 2.91. The van der Waals surface area contributed by atoms with Crippen LogP contribution in [0.5, 0.6) is 0 Å². The van der Waals surface area contributed by atoms with Crippen LogP contribution in [-0.4, -0.2) is 44.2 Å². The molecule has 142 valence electrons. The van der Waals surface area contributed by atoms with E-state index < -0.39 is 26.5 Å². The summed E-state index contributed by atoms with van der Waals surface area (Å²) >= 11 is 0. The van der Waals surface area contributed by atoms with Crippen LogP contribution in [0.3, 0.4) is 0 Å². The summed E-state index contributed by atoms with van der Waals surface area (Å²) in [4.78, 5) is 17.2. The average Bonchev–Trinajstić information content (AvgIpc) is 3.38. The molecule has 0 unspecified atom stereocenters. The zero-order valence-electron chi connectivity index (χ0n) is 14.7. The van der Waals surface area contributed by atoms with E-state index in [1.807, 2.05) is 6.07 Å². The molecule has 0 atom stereocenters. The Bertz CT molecular complexity index is 1140. The molecule has 0 amide bonds. The van der Waals surface area contributed by atoms with Crippen molar-refractivity contribution in [2.24, 2.45) is 4.99 Å². The Labute approximate surface area is 161 Å². The molecular weight excluding hydrogens is 380 g/mol. The van der Waals surface area contributed by atoms with Crippen molar-refractivity contribution in [2.75, 3.05) is 18.9 Å². The van der Waals surface area contributed by atoms with Gasteiger partial charge in [0.2, 0.25) is 9.84 Å². The molecule has 3 aromatic rings. The van der Waals surface area contributed by atoms with Gasteiger partial charge >= 0.3 is 0 Å². The first-order chi connectivity index (χ1) is 13.6. The number of sulfone groups is 1. The molecule has 4 rings (SSSR count). The molecule has 28 heavy (non-hydrogen) atoms. The van der Waals surface area contributed by atoms with E-state index in [1.165, 1.54) is 0 Å². The monoisotopic (exact) mass is 396 g/mol. The minimum absolute atomic E-state index is 0.0870. The summed E-state index contributed by atoms with van der Waals surface area (Å²) in [5.41, 5.74) is 1.02. The van der Waals surface area contributed by atoms with Crippen LogP contribution in [0.4, 0.5) is 0 Å². The van der Waals surface area contributed by atoms with Gasteiger partial charge in [-0.3, -0.25) is 9.79 Å². The Morgan fingerprint density at radius 3 is 2.32 bits per heavy atom. The van der Waals surface area contributed by atoms with Gasteiger partial charge in [0.05, 0.1) is 6.54 Å². The predicted molar refractivity (Wildman–Crippen MR) is 102 cm³/mol. The highest BCUT2D eigenvalue weighted by atomic mass is 32.2. The van der Waals surface area contributed by atoms with E-state index in [0.717, 1.165) is 0 Å². The van der Waals surface area contributed by atoms with E-state index in [9.17, 15) is 13.2 Å². The van der Waals surface area contributed by atoms with Gasteiger partial charge in [-0.05, 0) is 0 Å². The third-order valence-electron chi connectivity index (χ3n) is 4.22. The van der Waals surface area contributed by atoms with Crippen molar-refractivity contribution in [3.05, 3.63) is 71.8 Å². The minimum atomic E-state index is -4.02. The molecule has 2 aromatic carbocycles. The van der Waals surface area contributed by atoms with Crippen molar-refractivity contribution >= 4 is 21.5 Å². The first-order valence-corrected chi connectivity index (χ1v) is 10.3. The second-order valence-corrected chi connectivity index (χ2v) is 8.03. The number of ketones is 1. The van der Waals surface area contributed by atoms with E-state index in [2.05, 4.69) is 10.1 Å². The minimum Gasteiger partial charge on any atom is -0.478 e. The van der Waals surface area contributed by atoms with Crippen LogP contribution < -0.4 is 0 Å².